The lowest BCUT2D eigenvalue weighted by Gasteiger charge is -2.09. The van der Waals surface area contributed by atoms with E-state index in [1.807, 2.05) is 30.3 Å². The number of aromatic carboxylic acids is 1. The summed E-state index contributed by atoms with van der Waals surface area (Å²) >= 11 is 5.78. The summed E-state index contributed by atoms with van der Waals surface area (Å²) < 4.78 is 29.3. The van der Waals surface area contributed by atoms with E-state index in [1.54, 1.807) is 17.7 Å². The first-order valence-corrected chi connectivity index (χ1v) is 9.76. The lowest BCUT2D eigenvalue weighted by atomic mass is 10.2. The molecule has 0 aliphatic carbocycles. The summed E-state index contributed by atoms with van der Waals surface area (Å²) in [6.07, 6.45) is 0. The number of aryl methyl sites for hydroxylation is 1. The summed E-state index contributed by atoms with van der Waals surface area (Å²) in [6, 6.07) is 14.8. The van der Waals surface area contributed by atoms with Gasteiger partial charge in [-0.25, -0.2) is 13.2 Å². The number of hydrogen-bond donors (Lipinski definition) is 2. The number of nitrogens with one attached hydrogen (secondary N) is 1. The van der Waals surface area contributed by atoms with E-state index in [0.29, 0.717) is 6.54 Å². The number of sulfonamides is 1. The molecule has 2 aromatic carbocycles. The molecule has 0 spiro atoms. The standard InChI is InChI=1S/C18H16ClN3O4S/c1-12-9-17(20-22(12)11-13-5-3-2-4-6-13)21-27(25,26)16-8-7-14(19)10-15(16)18(23)24/h2-10H,11H2,1H3,(H,20,21)(H,23,24). The number of benzene rings is 2. The summed E-state index contributed by atoms with van der Waals surface area (Å²) in [5, 5.41) is 13.7. The molecule has 0 atom stereocenters. The molecule has 1 aromatic heterocycles. The first-order valence-electron chi connectivity index (χ1n) is 7.90. The largest absolute Gasteiger partial charge is 0.478 e. The molecule has 0 saturated carbocycles. The lowest BCUT2D eigenvalue weighted by molar-refractivity contribution is 0.0692. The second kappa shape index (κ2) is 7.42. The molecule has 3 rings (SSSR count). The van der Waals surface area contributed by atoms with Gasteiger partial charge in [0.1, 0.15) is 4.90 Å². The summed E-state index contributed by atoms with van der Waals surface area (Å²) in [5.74, 6) is -1.28. The van der Waals surface area contributed by atoms with Gasteiger partial charge in [-0.3, -0.25) is 9.40 Å². The van der Waals surface area contributed by atoms with Gasteiger partial charge in [-0.2, -0.15) is 5.10 Å². The Morgan fingerprint density at radius 2 is 1.89 bits per heavy atom. The topological polar surface area (TPSA) is 101 Å². The van der Waals surface area contributed by atoms with Crippen molar-refractivity contribution in [2.75, 3.05) is 4.72 Å². The van der Waals surface area contributed by atoms with Crippen LogP contribution in [0.25, 0.3) is 0 Å². The first-order chi connectivity index (χ1) is 12.8. The van der Waals surface area contributed by atoms with Crippen LogP contribution >= 0.6 is 11.6 Å². The van der Waals surface area contributed by atoms with Crippen molar-refractivity contribution in [2.24, 2.45) is 0 Å². The van der Waals surface area contributed by atoms with Crippen molar-refractivity contribution in [3.8, 4) is 0 Å². The molecule has 0 amide bonds. The number of carboxylic acids is 1. The van der Waals surface area contributed by atoms with Crippen molar-refractivity contribution in [1.82, 2.24) is 9.78 Å². The zero-order valence-corrected chi connectivity index (χ0v) is 15.8. The van der Waals surface area contributed by atoms with E-state index in [9.17, 15) is 18.3 Å². The lowest BCUT2D eigenvalue weighted by Crippen LogP contribution is -2.17. The second-order valence-electron chi connectivity index (χ2n) is 5.87. The minimum absolute atomic E-state index is 0.106. The van der Waals surface area contributed by atoms with Crippen LogP contribution in [0.1, 0.15) is 21.6 Å². The molecular formula is C18H16ClN3O4S. The number of nitrogens with zero attached hydrogens (tertiary/aromatic N) is 2. The molecule has 0 fully saturated rings. The van der Waals surface area contributed by atoms with E-state index in [0.717, 1.165) is 23.4 Å². The minimum atomic E-state index is -4.15. The molecule has 0 bridgehead atoms. The Bertz CT molecular complexity index is 1100. The number of carbonyl (C=O) groups is 1. The van der Waals surface area contributed by atoms with Gasteiger partial charge in [0.15, 0.2) is 5.82 Å². The van der Waals surface area contributed by atoms with Crippen LogP contribution in [0.3, 0.4) is 0 Å². The molecule has 140 valence electrons. The number of hydrogen-bond acceptors (Lipinski definition) is 4. The quantitative estimate of drug-likeness (QED) is 0.654. The smallest absolute Gasteiger partial charge is 0.337 e. The molecule has 0 aliphatic rings. The van der Waals surface area contributed by atoms with Crippen molar-refractivity contribution in [2.45, 2.75) is 18.4 Å². The molecule has 3 aromatic rings. The van der Waals surface area contributed by atoms with Gasteiger partial charge in [0, 0.05) is 16.8 Å². The Labute approximate surface area is 161 Å². The predicted octanol–water partition coefficient (Wildman–Crippen LogP) is 3.39. The fourth-order valence-corrected chi connectivity index (χ4v) is 3.91. The maximum atomic E-state index is 12.7. The molecule has 0 radical (unpaired) electrons. The van der Waals surface area contributed by atoms with Crippen molar-refractivity contribution in [3.05, 3.63) is 76.4 Å². The molecule has 0 unspecified atom stereocenters. The molecule has 2 N–H and O–H groups in total. The normalized spacial score (nSPS) is 11.3. The van der Waals surface area contributed by atoms with Gasteiger partial charge in [0.05, 0.1) is 12.1 Å². The molecule has 0 saturated heterocycles. The highest BCUT2D eigenvalue weighted by Gasteiger charge is 2.24. The number of aromatic nitrogens is 2. The Kier molecular flexibility index (Phi) is 5.20. The van der Waals surface area contributed by atoms with Crippen LogP contribution in [-0.2, 0) is 16.6 Å². The average Bonchev–Trinajstić information content (AvgIpc) is 2.93. The minimum Gasteiger partial charge on any atom is -0.478 e. The number of rotatable bonds is 6. The highest BCUT2D eigenvalue weighted by molar-refractivity contribution is 7.92. The molecule has 7 nitrogen and oxygen atoms in total. The van der Waals surface area contributed by atoms with Crippen LogP contribution in [-0.4, -0.2) is 29.3 Å². The molecule has 9 heteroatoms. The highest BCUT2D eigenvalue weighted by Crippen LogP contribution is 2.23. The summed E-state index contributed by atoms with van der Waals surface area (Å²) in [7, 11) is -4.15. The average molecular weight is 406 g/mol. The van der Waals surface area contributed by atoms with Crippen molar-refractivity contribution >= 4 is 33.4 Å². The Morgan fingerprint density at radius 1 is 1.19 bits per heavy atom. The second-order valence-corrected chi connectivity index (χ2v) is 7.95. The van der Waals surface area contributed by atoms with E-state index < -0.39 is 21.6 Å². The van der Waals surface area contributed by atoms with Gasteiger partial charge in [-0.15, -0.1) is 0 Å². The van der Waals surface area contributed by atoms with Crippen LogP contribution in [0.2, 0.25) is 5.02 Å². The van der Waals surface area contributed by atoms with Crippen molar-refractivity contribution in [3.63, 3.8) is 0 Å². The SMILES string of the molecule is Cc1cc(NS(=O)(=O)c2ccc(Cl)cc2C(=O)O)nn1Cc1ccccc1. The van der Waals surface area contributed by atoms with Crippen LogP contribution in [0, 0.1) is 6.92 Å². The maximum absolute atomic E-state index is 12.7. The van der Waals surface area contributed by atoms with E-state index in [4.69, 9.17) is 11.6 Å². The van der Waals surface area contributed by atoms with Gasteiger partial charge in [0.25, 0.3) is 10.0 Å². The number of carboxylic acid groups (broad SMARTS) is 1. The van der Waals surface area contributed by atoms with Crippen LogP contribution in [0.4, 0.5) is 5.82 Å². The van der Waals surface area contributed by atoms with E-state index in [2.05, 4.69) is 9.82 Å². The molecule has 1 heterocycles. The zero-order chi connectivity index (χ0) is 19.6. The van der Waals surface area contributed by atoms with Gasteiger partial charge >= 0.3 is 5.97 Å². The molecular weight excluding hydrogens is 390 g/mol. The number of halogens is 1. The fraction of sp³-hybridized carbons (Fsp3) is 0.111. The monoisotopic (exact) mass is 405 g/mol. The van der Waals surface area contributed by atoms with E-state index in [1.165, 1.54) is 6.07 Å². The van der Waals surface area contributed by atoms with Crippen LogP contribution in [0.5, 0.6) is 0 Å². The Morgan fingerprint density at radius 3 is 2.56 bits per heavy atom. The highest BCUT2D eigenvalue weighted by atomic mass is 35.5. The predicted molar refractivity (Wildman–Crippen MR) is 102 cm³/mol. The number of anilines is 1. The summed E-state index contributed by atoms with van der Waals surface area (Å²) in [4.78, 5) is 11.0. The van der Waals surface area contributed by atoms with Gasteiger partial charge in [-0.05, 0) is 30.7 Å². The maximum Gasteiger partial charge on any atom is 0.337 e. The zero-order valence-electron chi connectivity index (χ0n) is 14.3. The summed E-state index contributed by atoms with van der Waals surface area (Å²) in [6.45, 7) is 2.29. The van der Waals surface area contributed by atoms with E-state index in [-0.39, 0.29) is 15.7 Å². The van der Waals surface area contributed by atoms with Crippen molar-refractivity contribution in [1.29, 1.82) is 0 Å². The first kappa shape index (κ1) is 18.9. The third kappa shape index (κ3) is 4.29. The molecule has 27 heavy (non-hydrogen) atoms. The molecule has 0 aliphatic heterocycles. The third-order valence-corrected chi connectivity index (χ3v) is 5.50. The summed E-state index contributed by atoms with van der Waals surface area (Å²) in [5.41, 5.74) is 1.37. The third-order valence-electron chi connectivity index (χ3n) is 3.86. The Hall–Kier alpha value is -2.84. The van der Waals surface area contributed by atoms with Gasteiger partial charge < -0.3 is 5.11 Å². The fourth-order valence-electron chi connectivity index (χ4n) is 2.57. The van der Waals surface area contributed by atoms with Crippen LogP contribution < -0.4 is 4.72 Å². The van der Waals surface area contributed by atoms with Gasteiger partial charge in [-0.1, -0.05) is 41.9 Å². The Balaban J connectivity index is 1.89. The van der Waals surface area contributed by atoms with Crippen molar-refractivity contribution < 1.29 is 18.3 Å². The van der Waals surface area contributed by atoms with Crippen LogP contribution in [0.15, 0.2) is 59.5 Å². The van der Waals surface area contributed by atoms with Gasteiger partial charge in [0.2, 0.25) is 0 Å². The van der Waals surface area contributed by atoms with E-state index >= 15 is 0 Å².